The van der Waals surface area contributed by atoms with Crippen LogP contribution in [0.1, 0.15) is 31.4 Å². The lowest BCUT2D eigenvalue weighted by atomic mass is 10.2. The van der Waals surface area contributed by atoms with Crippen molar-refractivity contribution in [3.8, 4) is 0 Å². The summed E-state index contributed by atoms with van der Waals surface area (Å²) in [4.78, 5) is 12.4. The molecule has 0 aliphatic heterocycles. The Morgan fingerprint density at radius 1 is 1.19 bits per heavy atom. The smallest absolute Gasteiger partial charge is 0.244 e. The molecule has 0 radical (unpaired) electrons. The topological polar surface area (TPSA) is 91.7 Å². The maximum atomic E-state index is 12.5. The van der Waals surface area contributed by atoms with Crippen molar-refractivity contribution in [1.82, 2.24) is 9.62 Å². The molecule has 0 fully saturated rings. The fraction of sp³-hybridized carbons (Fsp3) is 0.389. The van der Waals surface area contributed by atoms with Crippen molar-refractivity contribution >= 4 is 33.2 Å². The zero-order valence-electron chi connectivity index (χ0n) is 15.9. The molecule has 7 nitrogen and oxygen atoms in total. The van der Waals surface area contributed by atoms with Gasteiger partial charge < -0.3 is 9.73 Å². The Morgan fingerprint density at radius 3 is 2.41 bits per heavy atom. The van der Waals surface area contributed by atoms with Crippen LogP contribution in [0.5, 0.6) is 0 Å². The monoisotopic (exact) mass is 413 g/mol. The summed E-state index contributed by atoms with van der Waals surface area (Å²) in [5, 5.41) is 5.95. The van der Waals surface area contributed by atoms with Crippen molar-refractivity contribution in [2.45, 2.75) is 37.8 Å². The fourth-order valence-electron chi connectivity index (χ4n) is 2.44. The molecule has 2 atom stereocenters. The second-order valence-electron chi connectivity index (χ2n) is 6.48. The van der Waals surface area contributed by atoms with Crippen molar-refractivity contribution in [3.63, 3.8) is 0 Å². The number of rotatable bonds is 7. The zero-order valence-corrected chi connectivity index (χ0v) is 17.5. The normalized spacial score (nSPS) is 14.2. The summed E-state index contributed by atoms with van der Waals surface area (Å²) in [5.41, 5.74) is 0.347. The van der Waals surface area contributed by atoms with Gasteiger partial charge in [0, 0.05) is 19.8 Å². The van der Waals surface area contributed by atoms with Gasteiger partial charge in [-0.25, -0.2) is 12.7 Å². The maximum absolute atomic E-state index is 12.5. The molecule has 2 unspecified atom stereocenters. The molecule has 27 heavy (non-hydrogen) atoms. The number of hydrogen-bond acceptors (Lipinski definition) is 5. The van der Waals surface area contributed by atoms with Gasteiger partial charge in [0.2, 0.25) is 15.9 Å². The first kappa shape index (κ1) is 21.4. The van der Waals surface area contributed by atoms with Gasteiger partial charge in [-0.1, -0.05) is 11.6 Å². The van der Waals surface area contributed by atoms with Gasteiger partial charge in [0.25, 0.3) is 0 Å². The third-order valence-electron chi connectivity index (χ3n) is 4.04. The Morgan fingerprint density at radius 2 is 1.85 bits per heavy atom. The predicted octanol–water partition coefficient (Wildman–Crippen LogP) is 3.17. The van der Waals surface area contributed by atoms with Crippen LogP contribution in [0.4, 0.5) is 5.69 Å². The maximum Gasteiger partial charge on any atom is 0.244 e. The summed E-state index contributed by atoms with van der Waals surface area (Å²) in [5.74, 6) is 1.23. The summed E-state index contributed by atoms with van der Waals surface area (Å²) in [6.07, 6.45) is 0. The first-order valence-electron chi connectivity index (χ1n) is 8.37. The highest BCUT2D eigenvalue weighted by Crippen LogP contribution is 2.27. The van der Waals surface area contributed by atoms with Gasteiger partial charge in [0.1, 0.15) is 16.4 Å². The Bertz CT molecular complexity index is 924. The molecule has 2 N–H and O–H groups in total. The molecule has 1 heterocycles. The van der Waals surface area contributed by atoms with Crippen LogP contribution in [0.15, 0.2) is 39.6 Å². The Balaban J connectivity index is 2.11. The minimum absolute atomic E-state index is 0.0630. The lowest BCUT2D eigenvalue weighted by Gasteiger charge is -2.19. The van der Waals surface area contributed by atoms with E-state index in [0.29, 0.717) is 5.69 Å². The highest BCUT2D eigenvalue weighted by atomic mass is 35.5. The number of sulfonamides is 1. The van der Waals surface area contributed by atoms with Gasteiger partial charge >= 0.3 is 0 Å². The van der Waals surface area contributed by atoms with E-state index >= 15 is 0 Å². The molecule has 2 aromatic rings. The van der Waals surface area contributed by atoms with Gasteiger partial charge in [-0.2, -0.15) is 0 Å². The fourth-order valence-corrected chi connectivity index (χ4v) is 3.84. The minimum Gasteiger partial charge on any atom is -0.465 e. The lowest BCUT2D eigenvalue weighted by molar-refractivity contribution is -0.118. The number of furan rings is 1. The number of benzene rings is 1. The Hall–Kier alpha value is -1.87. The zero-order chi connectivity index (χ0) is 20.4. The van der Waals surface area contributed by atoms with Crippen molar-refractivity contribution in [1.29, 1.82) is 0 Å². The number of nitrogens with one attached hydrogen (secondary N) is 2. The van der Waals surface area contributed by atoms with Crippen LogP contribution in [-0.2, 0) is 14.8 Å². The average Bonchev–Trinajstić information content (AvgIpc) is 3.02. The van der Waals surface area contributed by atoms with E-state index in [0.717, 1.165) is 15.8 Å². The van der Waals surface area contributed by atoms with E-state index in [1.165, 1.54) is 26.2 Å². The van der Waals surface area contributed by atoms with Gasteiger partial charge in [0.15, 0.2) is 0 Å². The summed E-state index contributed by atoms with van der Waals surface area (Å²) < 4.78 is 31.3. The minimum atomic E-state index is -3.72. The molecular formula is C18H24ClN3O4S. The van der Waals surface area contributed by atoms with E-state index < -0.39 is 16.1 Å². The number of carbonyl (C=O) groups excluding carboxylic acids is 1. The largest absolute Gasteiger partial charge is 0.465 e. The molecule has 0 bridgehead atoms. The van der Waals surface area contributed by atoms with E-state index in [1.807, 2.05) is 26.0 Å². The molecule has 1 aromatic carbocycles. The summed E-state index contributed by atoms with van der Waals surface area (Å²) in [7, 11) is -0.882. The van der Waals surface area contributed by atoms with E-state index in [1.54, 1.807) is 13.0 Å². The number of carbonyl (C=O) groups is 1. The van der Waals surface area contributed by atoms with Crippen LogP contribution in [0.3, 0.4) is 0 Å². The van der Waals surface area contributed by atoms with Crippen LogP contribution in [0.2, 0.25) is 5.02 Å². The highest BCUT2D eigenvalue weighted by Gasteiger charge is 2.23. The van der Waals surface area contributed by atoms with E-state index in [9.17, 15) is 13.2 Å². The second kappa shape index (κ2) is 8.43. The van der Waals surface area contributed by atoms with Crippen LogP contribution >= 0.6 is 11.6 Å². The molecule has 1 amide bonds. The number of anilines is 1. The highest BCUT2D eigenvalue weighted by molar-refractivity contribution is 7.89. The first-order valence-corrected chi connectivity index (χ1v) is 10.2. The standard InChI is InChI=1S/C18H24ClN3O4S/c1-11-6-9-16(26-11)12(2)20-13(3)18(23)21-14-7-8-15(19)17(10-14)27(24,25)22(4)5/h6-10,12-13,20H,1-5H3,(H,21,23). The van der Waals surface area contributed by atoms with Gasteiger partial charge in [-0.15, -0.1) is 0 Å². The predicted molar refractivity (Wildman–Crippen MR) is 105 cm³/mol. The lowest BCUT2D eigenvalue weighted by Crippen LogP contribution is -2.39. The van der Waals surface area contributed by atoms with E-state index in [4.69, 9.17) is 16.0 Å². The summed E-state index contributed by atoms with van der Waals surface area (Å²) in [6.45, 7) is 5.47. The molecule has 1 aromatic heterocycles. The number of nitrogens with zero attached hydrogens (tertiary/aromatic N) is 1. The molecule has 0 saturated heterocycles. The molecule has 0 spiro atoms. The number of halogens is 1. The molecule has 2 rings (SSSR count). The summed E-state index contributed by atoms with van der Waals surface area (Å²) >= 11 is 6.02. The van der Waals surface area contributed by atoms with E-state index in [-0.39, 0.29) is 21.9 Å². The number of hydrogen-bond donors (Lipinski definition) is 2. The van der Waals surface area contributed by atoms with Crippen molar-refractivity contribution in [3.05, 3.63) is 46.9 Å². The molecule has 0 saturated carbocycles. The average molecular weight is 414 g/mol. The third kappa shape index (κ3) is 5.10. The number of aryl methyl sites for hydroxylation is 1. The van der Waals surface area contributed by atoms with Gasteiger partial charge in [0.05, 0.1) is 17.1 Å². The van der Waals surface area contributed by atoms with Crippen LogP contribution in [0, 0.1) is 6.92 Å². The third-order valence-corrected chi connectivity index (χ3v) is 6.34. The van der Waals surface area contributed by atoms with Crippen molar-refractivity contribution < 1.29 is 17.6 Å². The van der Waals surface area contributed by atoms with E-state index in [2.05, 4.69) is 10.6 Å². The van der Waals surface area contributed by atoms with Crippen LogP contribution < -0.4 is 10.6 Å². The Labute approximate surface area is 164 Å². The van der Waals surface area contributed by atoms with Crippen molar-refractivity contribution in [2.75, 3.05) is 19.4 Å². The first-order chi connectivity index (χ1) is 12.5. The molecule has 0 aliphatic carbocycles. The molecule has 9 heteroatoms. The van der Waals surface area contributed by atoms with Crippen LogP contribution in [0.25, 0.3) is 0 Å². The quantitative estimate of drug-likeness (QED) is 0.727. The molecule has 148 valence electrons. The number of amides is 1. The second-order valence-corrected chi connectivity index (χ2v) is 9.01. The molecular weight excluding hydrogens is 390 g/mol. The molecule has 0 aliphatic rings. The van der Waals surface area contributed by atoms with Gasteiger partial charge in [-0.3, -0.25) is 10.1 Å². The summed E-state index contributed by atoms with van der Waals surface area (Å²) in [6, 6.07) is 7.38. The van der Waals surface area contributed by atoms with Crippen LogP contribution in [-0.4, -0.2) is 38.8 Å². The Kier molecular flexibility index (Phi) is 6.69. The SMILES string of the molecule is Cc1ccc(C(C)NC(C)C(=O)Nc2ccc(Cl)c(S(=O)(=O)N(C)C)c2)o1. The van der Waals surface area contributed by atoms with Gasteiger partial charge in [-0.05, 0) is 51.1 Å². The van der Waals surface area contributed by atoms with Crippen molar-refractivity contribution in [2.24, 2.45) is 0 Å².